The van der Waals surface area contributed by atoms with E-state index in [2.05, 4.69) is 15.9 Å². The first-order valence-corrected chi connectivity index (χ1v) is 6.76. The van der Waals surface area contributed by atoms with Gasteiger partial charge in [-0.3, -0.25) is 4.79 Å². The second kappa shape index (κ2) is 6.91. The quantitative estimate of drug-likeness (QED) is 0.780. The Morgan fingerprint density at radius 3 is 3.00 bits per heavy atom. The summed E-state index contributed by atoms with van der Waals surface area (Å²) in [5.74, 6) is 0.350. The zero-order valence-electron chi connectivity index (χ0n) is 8.83. The molecule has 0 aliphatic heterocycles. The van der Waals surface area contributed by atoms with E-state index in [4.69, 9.17) is 4.74 Å². The van der Waals surface area contributed by atoms with Crippen LogP contribution in [0.1, 0.15) is 12.5 Å². The van der Waals surface area contributed by atoms with Gasteiger partial charge in [0, 0.05) is 5.75 Å². The van der Waals surface area contributed by atoms with Crippen LogP contribution in [0, 0.1) is 5.82 Å². The summed E-state index contributed by atoms with van der Waals surface area (Å²) >= 11 is 4.58. The van der Waals surface area contributed by atoms with Crippen LogP contribution >= 0.6 is 27.7 Å². The molecule has 0 saturated heterocycles. The molecule has 2 nitrogen and oxygen atoms in total. The maximum absolute atomic E-state index is 13.1. The average Bonchev–Trinajstić information content (AvgIpc) is 2.25. The molecule has 1 aromatic rings. The molecule has 0 aromatic heterocycles. The third kappa shape index (κ3) is 4.14. The predicted molar refractivity (Wildman–Crippen MR) is 66.9 cm³/mol. The maximum atomic E-state index is 13.1. The molecule has 0 fully saturated rings. The minimum absolute atomic E-state index is 0.236. The molecule has 88 valence electrons. The topological polar surface area (TPSA) is 26.3 Å². The smallest absolute Gasteiger partial charge is 0.315 e. The predicted octanol–water partition coefficient (Wildman–Crippen LogP) is 3.38. The summed E-state index contributed by atoms with van der Waals surface area (Å²) in [5, 5.41) is 0. The average molecular weight is 307 g/mol. The van der Waals surface area contributed by atoms with E-state index in [-0.39, 0.29) is 17.5 Å². The van der Waals surface area contributed by atoms with Crippen LogP contribution in [-0.4, -0.2) is 18.3 Å². The van der Waals surface area contributed by atoms with Crippen molar-refractivity contribution >= 4 is 33.7 Å². The van der Waals surface area contributed by atoms with Crippen molar-refractivity contribution in [2.75, 3.05) is 12.4 Å². The number of carbonyl (C=O) groups excluding carboxylic acids is 1. The van der Waals surface area contributed by atoms with Crippen LogP contribution in [0.4, 0.5) is 4.39 Å². The Morgan fingerprint density at radius 1 is 1.56 bits per heavy atom. The molecule has 0 aliphatic rings. The molecule has 1 aromatic carbocycles. The zero-order chi connectivity index (χ0) is 12.0. The second-order valence-electron chi connectivity index (χ2n) is 3.01. The van der Waals surface area contributed by atoms with E-state index in [0.717, 1.165) is 5.56 Å². The van der Waals surface area contributed by atoms with Gasteiger partial charge in [-0.25, -0.2) is 4.39 Å². The van der Waals surface area contributed by atoms with Gasteiger partial charge in [0.15, 0.2) is 0 Å². The van der Waals surface area contributed by atoms with Crippen molar-refractivity contribution in [1.29, 1.82) is 0 Å². The van der Waals surface area contributed by atoms with Crippen LogP contribution in [0.3, 0.4) is 0 Å². The first kappa shape index (κ1) is 13.5. The molecule has 0 atom stereocenters. The van der Waals surface area contributed by atoms with Crippen molar-refractivity contribution in [3.63, 3.8) is 0 Å². The highest BCUT2D eigenvalue weighted by molar-refractivity contribution is 9.10. The van der Waals surface area contributed by atoms with Crippen LogP contribution in [-0.2, 0) is 15.3 Å². The molecule has 0 saturated carbocycles. The van der Waals surface area contributed by atoms with E-state index >= 15 is 0 Å². The van der Waals surface area contributed by atoms with Gasteiger partial charge in [0.05, 0.1) is 16.8 Å². The van der Waals surface area contributed by atoms with Crippen molar-refractivity contribution in [2.24, 2.45) is 0 Å². The largest absolute Gasteiger partial charge is 0.465 e. The van der Waals surface area contributed by atoms with Gasteiger partial charge in [-0.05, 0) is 34.5 Å². The minimum Gasteiger partial charge on any atom is -0.465 e. The lowest BCUT2D eigenvalue weighted by Gasteiger charge is -2.05. The van der Waals surface area contributed by atoms with Crippen molar-refractivity contribution in [3.8, 4) is 0 Å². The standard InChI is InChI=1S/C11H12BrFO2S/c1-2-15-10(14)7-16-6-8-4-3-5-9(13)11(8)12/h3-5H,2,6-7H2,1H3. The number of hydrogen-bond donors (Lipinski definition) is 0. The van der Waals surface area contributed by atoms with E-state index in [1.54, 1.807) is 13.0 Å². The van der Waals surface area contributed by atoms with Crippen LogP contribution in [0.25, 0.3) is 0 Å². The van der Waals surface area contributed by atoms with Gasteiger partial charge in [0.2, 0.25) is 0 Å². The molecule has 0 heterocycles. The summed E-state index contributed by atoms with van der Waals surface area (Å²) in [6, 6.07) is 4.87. The van der Waals surface area contributed by atoms with E-state index in [1.807, 2.05) is 6.07 Å². The first-order chi connectivity index (χ1) is 7.65. The number of rotatable bonds is 5. The second-order valence-corrected chi connectivity index (χ2v) is 4.79. The molecule has 0 radical (unpaired) electrons. The number of esters is 1. The molecule has 0 spiro atoms. The minimum atomic E-state index is -0.283. The molecule has 0 aliphatic carbocycles. The number of halogens is 2. The monoisotopic (exact) mass is 306 g/mol. The van der Waals surface area contributed by atoms with Crippen LogP contribution in [0.2, 0.25) is 0 Å². The van der Waals surface area contributed by atoms with Crippen LogP contribution in [0.15, 0.2) is 22.7 Å². The summed E-state index contributed by atoms with van der Waals surface area (Å²) in [5.41, 5.74) is 0.842. The van der Waals surface area contributed by atoms with E-state index in [9.17, 15) is 9.18 Å². The fourth-order valence-corrected chi connectivity index (χ4v) is 2.51. The molecule has 0 amide bonds. The highest BCUT2D eigenvalue weighted by Gasteiger charge is 2.07. The summed E-state index contributed by atoms with van der Waals surface area (Å²) in [6.07, 6.45) is 0. The summed E-state index contributed by atoms with van der Waals surface area (Å²) in [4.78, 5) is 11.1. The third-order valence-electron chi connectivity index (χ3n) is 1.81. The van der Waals surface area contributed by atoms with Crippen molar-refractivity contribution in [3.05, 3.63) is 34.1 Å². The normalized spacial score (nSPS) is 10.2. The zero-order valence-corrected chi connectivity index (χ0v) is 11.2. The van der Waals surface area contributed by atoms with Gasteiger partial charge in [-0.15, -0.1) is 11.8 Å². The van der Waals surface area contributed by atoms with Gasteiger partial charge in [0.1, 0.15) is 5.82 Å². The summed E-state index contributed by atoms with van der Waals surface area (Å²) < 4.78 is 18.4. The van der Waals surface area contributed by atoms with E-state index in [0.29, 0.717) is 16.8 Å². The molecule has 16 heavy (non-hydrogen) atoms. The molecule has 0 unspecified atom stereocenters. The van der Waals surface area contributed by atoms with E-state index < -0.39 is 0 Å². The Balaban J connectivity index is 2.43. The van der Waals surface area contributed by atoms with Crippen molar-refractivity contribution in [1.82, 2.24) is 0 Å². The summed E-state index contributed by atoms with van der Waals surface area (Å²) in [6.45, 7) is 2.16. The Morgan fingerprint density at radius 2 is 2.31 bits per heavy atom. The lowest BCUT2D eigenvalue weighted by atomic mass is 10.2. The van der Waals surface area contributed by atoms with Crippen molar-refractivity contribution < 1.29 is 13.9 Å². The molecular formula is C11H12BrFO2S. The molecular weight excluding hydrogens is 295 g/mol. The van der Waals surface area contributed by atoms with E-state index in [1.165, 1.54) is 17.8 Å². The lowest BCUT2D eigenvalue weighted by molar-refractivity contribution is -0.139. The molecule has 0 N–H and O–H groups in total. The number of thioether (sulfide) groups is 1. The number of benzene rings is 1. The maximum Gasteiger partial charge on any atom is 0.315 e. The van der Waals surface area contributed by atoms with Crippen LogP contribution < -0.4 is 0 Å². The Bertz CT molecular complexity index is 371. The number of hydrogen-bond acceptors (Lipinski definition) is 3. The Hall–Kier alpha value is -0.550. The Kier molecular flexibility index (Phi) is 5.84. The first-order valence-electron chi connectivity index (χ1n) is 4.81. The number of ether oxygens (including phenoxy) is 1. The Labute approximate surface area is 107 Å². The SMILES string of the molecule is CCOC(=O)CSCc1cccc(F)c1Br. The van der Waals surface area contributed by atoms with Crippen molar-refractivity contribution in [2.45, 2.75) is 12.7 Å². The number of carbonyl (C=O) groups is 1. The van der Waals surface area contributed by atoms with Crippen LogP contribution in [0.5, 0.6) is 0 Å². The van der Waals surface area contributed by atoms with Gasteiger partial charge in [0.25, 0.3) is 0 Å². The fourth-order valence-electron chi connectivity index (χ4n) is 1.11. The highest BCUT2D eigenvalue weighted by Crippen LogP contribution is 2.24. The van der Waals surface area contributed by atoms with Gasteiger partial charge >= 0.3 is 5.97 Å². The molecule has 1 rings (SSSR count). The highest BCUT2D eigenvalue weighted by atomic mass is 79.9. The van der Waals surface area contributed by atoms with Gasteiger partial charge in [-0.2, -0.15) is 0 Å². The van der Waals surface area contributed by atoms with Gasteiger partial charge < -0.3 is 4.74 Å². The third-order valence-corrected chi connectivity index (χ3v) is 3.66. The molecule has 0 bridgehead atoms. The summed E-state index contributed by atoms with van der Waals surface area (Å²) in [7, 11) is 0. The lowest BCUT2D eigenvalue weighted by Crippen LogP contribution is -2.06. The fraction of sp³-hybridized carbons (Fsp3) is 0.364. The van der Waals surface area contributed by atoms with Gasteiger partial charge in [-0.1, -0.05) is 12.1 Å². The molecule has 5 heteroatoms.